The molecule has 4 rings (SSSR count). The molecule has 2 aromatic rings. The number of hydrogen-bond donors (Lipinski definition) is 1. The number of rotatable bonds is 3. The van der Waals surface area contributed by atoms with Crippen molar-refractivity contribution in [3.63, 3.8) is 0 Å². The number of benzene rings is 1. The molecule has 5 heteroatoms. The molecule has 2 saturated heterocycles. The number of carbonyl (C=O) groups excluding carboxylic acids is 1. The number of anilines is 1. The average Bonchev–Trinajstić information content (AvgIpc) is 3.14. The number of hydrogen-bond acceptors (Lipinski definition) is 3. The van der Waals surface area contributed by atoms with Gasteiger partial charge in [-0.3, -0.25) is 9.89 Å². The van der Waals surface area contributed by atoms with Gasteiger partial charge >= 0.3 is 0 Å². The monoisotopic (exact) mass is 352 g/mol. The molecule has 3 heterocycles. The molecule has 138 valence electrons. The normalized spacial score (nSPS) is 19.0. The molecule has 0 atom stereocenters. The van der Waals surface area contributed by atoms with Gasteiger partial charge in [-0.2, -0.15) is 5.10 Å². The molecule has 0 bridgehead atoms. The van der Waals surface area contributed by atoms with Crippen LogP contribution in [0.4, 0.5) is 5.69 Å². The van der Waals surface area contributed by atoms with E-state index in [-0.39, 0.29) is 5.91 Å². The Morgan fingerprint density at radius 1 is 1.08 bits per heavy atom. The lowest BCUT2D eigenvalue weighted by molar-refractivity contribution is 0.0713. The second kappa shape index (κ2) is 7.52. The number of amides is 1. The van der Waals surface area contributed by atoms with Crippen LogP contribution in [0.25, 0.3) is 0 Å². The van der Waals surface area contributed by atoms with Crippen LogP contribution in [-0.4, -0.2) is 47.2 Å². The number of aromatic amines is 1. The number of carbonyl (C=O) groups is 1. The number of nitrogens with one attached hydrogen (secondary N) is 1. The molecule has 0 saturated carbocycles. The molecule has 0 radical (unpaired) electrons. The van der Waals surface area contributed by atoms with E-state index in [0.717, 1.165) is 56.0 Å². The molecule has 2 aliphatic heterocycles. The minimum absolute atomic E-state index is 0.188. The first-order valence-electron chi connectivity index (χ1n) is 9.87. The van der Waals surface area contributed by atoms with E-state index in [1.165, 1.54) is 24.8 Å². The van der Waals surface area contributed by atoms with Crippen LogP contribution in [0.15, 0.2) is 30.5 Å². The maximum Gasteiger partial charge on any atom is 0.255 e. The van der Waals surface area contributed by atoms with E-state index in [1.54, 1.807) is 0 Å². The predicted molar refractivity (Wildman–Crippen MR) is 104 cm³/mol. The van der Waals surface area contributed by atoms with Gasteiger partial charge in [0.2, 0.25) is 0 Å². The Morgan fingerprint density at radius 3 is 2.50 bits per heavy atom. The molecular weight excluding hydrogens is 324 g/mol. The molecule has 1 aromatic heterocycles. The molecule has 1 aromatic carbocycles. The molecule has 1 N–H and O–H groups in total. The molecule has 0 spiro atoms. The van der Waals surface area contributed by atoms with Crippen molar-refractivity contribution >= 4 is 11.6 Å². The third-order valence-corrected chi connectivity index (χ3v) is 5.92. The van der Waals surface area contributed by atoms with Crippen LogP contribution in [-0.2, 0) is 0 Å². The smallest absolute Gasteiger partial charge is 0.255 e. The van der Waals surface area contributed by atoms with Gasteiger partial charge in [0.25, 0.3) is 5.91 Å². The highest BCUT2D eigenvalue weighted by molar-refractivity contribution is 5.99. The number of aryl methyl sites for hydroxylation is 1. The van der Waals surface area contributed by atoms with E-state index in [9.17, 15) is 4.79 Å². The second-order valence-electron chi connectivity index (χ2n) is 7.58. The number of para-hydroxylation sites is 1. The predicted octanol–water partition coefficient (Wildman–Crippen LogP) is 3.73. The summed E-state index contributed by atoms with van der Waals surface area (Å²) in [5.41, 5.74) is 4.45. The van der Waals surface area contributed by atoms with E-state index in [2.05, 4.69) is 34.2 Å². The van der Waals surface area contributed by atoms with Crippen LogP contribution in [0.1, 0.15) is 59.6 Å². The highest BCUT2D eigenvalue weighted by Gasteiger charge is 2.28. The third-order valence-electron chi connectivity index (χ3n) is 5.92. The largest absolute Gasteiger partial charge is 0.371 e. The van der Waals surface area contributed by atoms with Crippen LogP contribution < -0.4 is 4.90 Å². The fraction of sp³-hybridized carbons (Fsp3) is 0.524. The lowest BCUT2D eigenvalue weighted by Gasteiger charge is -2.34. The van der Waals surface area contributed by atoms with Crippen LogP contribution >= 0.6 is 0 Å². The summed E-state index contributed by atoms with van der Waals surface area (Å²) >= 11 is 0. The summed E-state index contributed by atoms with van der Waals surface area (Å²) in [7, 11) is 0. The van der Waals surface area contributed by atoms with Gasteiger partial charge in [-0.25, -0.2) is 0 Å². The van der Waals surface area contributed by atoms with Gasteiger partial charge in [0.05, 0.1) is 11.8 Å². The van der Waals surface area contributed by atoms with Crippen molar-refractivity contribution in [2.75, 3.05) is 31.1 Å². The van der Waals surface area contributed by atoms with Crippen molar-refractivity contribution in [2.24, 2.45) is 0 Å². The molecule has 5 nitrogen and oxygen atoms in total. The summed E-state index contributed by atoms with van der Waals surface area (Å²) in [5, 5.41) is 7.18. The maximum atomic E-state index is 13.2. The van der Waals surface area contributed by atoms with E-state index < -0.39 is 0 Å². The van der Waals surface area contributed by atoms with Gasteiger partial charge in [0, 0.05) is 37.6 Å². The van der Waals surface area contributed by atoms with E-state index in [0.29, 0.717) is 5.92 Å². The standard InChI is InChI=1S/C21H28N4O/c1-16-19(15-22-23-16)17-9-13-25(14-10-17)21(26)18-7-3-4-8-20(18)24-11-5-2-6-12-24/h3-4,7-8,15,17H,2,5-6,9-14H2,1H3,(H,22,23). The summed E-state index contributed by atoms with van der Waals surface area (Å²) in [4.78, 5) is 17.6. The summed E-state index contributed by atoms with van der Waals surface area (Å²) < 4.78 is 0. The van der Waals surface area contributed by atoms with Gasteiger partial charge in [0.1, 0.15) is 0 Å². The minimum Gasteiger partial charge on any atom is -0.371 e. The first kappa shape index (κ1) is 17.1. The molecule has 2 fully saturated rings. The zero-order valence-corrected chi connectivity index (χ0v) is 15.6. The first-order valence-corrected chi connectivity index (χ1v) is 9.87. The maximum absolute atomic E-state index is 13.2. The SMILES string of the molecule is Cc1[nH]ncc1C1CCN(C(=O)c2ccccc2N2CCCCC2)CC1. The van der Waals surface area contributed by atoms with Crippen molar-refractivity contribution in [3.8, 4) is 0 Å². The summed E-state index contributed by atoms with van der Waals surface area (Å²) in [6, 6.07) is 8.15. The molecule has 1 amide bonds. The number of H-pyrrole nitrogens is 1. The number of nitrogens with zero attached hydrogens (tertiary/aromatic N) is 3. The minimum atomic E-state index is 0.188. The van der Waals surface area contributed by atoms with Crippen molar-refractivity contribution in [2.45, 2.75) is 44.9 Å². The Labute approximate surface area is 155 Å². The van der Waals surface area contributed by atoms with E-state index in [1.807, 2.05) is 23.2 Å². The van der Waals surface area contributed by atoms with Crippen molar-refractivity contribution < 1.29 is 4.79 Å². The molecular formula is C21H28N4O. The second-order valence-corrected chi connectivity index (χ2v) is 7.58. The van der Waals surface area contributed by atoms with Crippen LogP contribution in [0.5, 0.6) is 0 Å². The fourth-order valence-electron chi connectivity index (χ4n) is 4.40. The van der Waals surface area contributed by atoms with Crippen LogP contribution in [0.3, 0.4) is 0 Å². The number of piperidine rings is 2. The summed E-state index contributed by atoms with van der Waals surface area (Å²) in [6.07, 6.45) is 7.71. The number of likely N-dealkylation sites (tertiary alicyclic amines) is 1. The van der Waals surface area contributed by atoms with E-state index >= 15 is 0 Å². The lowest BCUT2D eigenvalue weighted by Crippen LogP contribution is -2.39. The van der Waals surface area contributed by atoms with Gasteiger partial charge in [-0.05, 0) is 62.6 Å². The Hall–Kier alpha value is -2.30. The molecule has 26 heavy (non-hydrogen) atoms. The Morgan fingerprint density at radius 2 is 1.81 bits per heavy atom. The highest BCUT2D eigenvalue weighted by atomic mass is 16.2. The van der Waals surface area contributed by atoms with Gasteiger partial charge in [0.15, 0.2) is 0 Å². The van der Waals surface area contributed by atoms with Gasteiger partial charge in [-0.1, -0.05) is 12.1 Å². The van der Waals surface area contributed by atoms with Crippen LogP contribution in [0, 0.1) is 6.92 Å². The number of aromatic nitrogens is 2. The lowest BCUT2D eigenvalue weighted by atomic mass is 9.89. The zero-order valence-electron chi connectivity index (χ0n) is 15.6. The molecule has 0 aliphatic carbocycles. The van der Waals surface area contributed by atoms with Crippen molar-refractivity contribution in [3.05, 3.63) is 47.3 Å². The Bertz CT molecular complexity index is 755. The quantitative estimate of drug-likeness (QED) is 0.916. The molecule has 2 aliphatic rings. The van der Waals surface area contributed by atoms with Crippen molar-refractivity contribution in [1.82, 2.24) is 15.1 Å². The van der Waals surface area contributed by atoms with E-state index in [4.69, 9.17) is 0 Å². The van der Waals surface area contributed by atoms with Crippen molar-refractivity contribution in [1.29, 1.82) is 0 Å². The fourth-order valence-corrected chi connectivity index (χ4v) is 4.40. The zero-order chi connectivity index (χ0) is 17.9. The summed E-state index contributed by atoms with van der Waals surface area (Å²) in [5.74, 6) is 0.698. The third kappa shape index (κ3) is 3.35. The van der Waals surface area contributed by atoms with Gasteiger partial charge < -0.3 is 9.80 Å². The van der Waals surface area contributed by atoms with Crippen LogP contribution in [0.2, 0.25) is 0 Å². The topological polar surface area (TPSA) is 52.2 Å². The Balaban J connectivity index is 1.46. The van der Waals surface area contributed by atoms with Gasteiger partial charge in [-0.15, -0.1) is 0 Å². The average molecular weight is 352 g/mol. The Kier molecular flexibility index (Phi) is 4.96. The first-order chi connectivity index (χ1) is 12.7. The summed E-state index contributed by atoms with van der Waals surface area (Å²) in [6.45, 7) is 5.85. The molecule has 0 unspecified atom stereocenters. The highest BCUT2D eigenvalue weighted by Crippen LogP contribution is 2.31.